The van der Waals surface area contributed by atoms with Gasteiger partial charge in [0.05, 0.1) is 0 Å². The second-order valence-corrected chi connectivity index (χ2v) is 5.36. The van der Waals surface area contributed by atoms with E-state index in [4.69, 9.17) is 11.6 Å². The van der Waals surface area contributed by atoms with Crippen molar-refractivity contribution >= 4 is 17.3 Å². The van der Waals surface area contributed by atoms with Crippen molar-refractivity contribution in [3.05, 3.63) is 23.5 Å². The fraction of sp³-hybridized carbons (Fsp3) is 0.615. The summed E-state index contributed by atoms with van der Waals surface area (Å²) in [6.07, 6.45) is 5.75. The van der Waals surface area contributed by atoms with Crippen molar-refractivity contribution < 1.29 is 0 Å². The number of rotatable bonds is 1. The van der Waals surface area contributed by atoms with Crippen LogP contribution in [0.1, 0.15) is 19.3 Å². The number of fused-ring (bicyclic) bond motifs is 1. The van der Waals surface area contributed by atoms with Crippen LogP contribution in [-0.2, 0) is 0 Å². The molecule has 0 aliphatic carbocycles. The fourth-order valence-corrected chi connectivity index (χ4v) is 3.20. The van der Waals surface area contributed by atoms with Crippen molar-refractivity contribution in [3.63, 3.8) is 0 Å². The van der Waals surface area contributed by atoms with E-state index in [-0.39, 0.29) is 0 Å². The van der Waals surface area contributed by atoms with Gasteiger partial charge in [-0.1, -0.05) is 11.6 Å². The lowest BCUT2D eigenvalue weighted by Crippen LogP contribution is -2.36. The molecule has 2 saturated heterocycles. The van der Waals surface area contributed by atoms with Crippen LogP contribution in [0.25, 0.3) is 0 Å². The predicted octanol–water partition coefficient (Wildman–Crippen LogP) is 2.41. The first kappa shape index (κ1) is 11.3. The highest BCUT2D eigenvalue weighted by Gasteiger charge is 2.28. The summed E-state index contributed by atoms with van der Waals surface area (Å²) in [5, 5.41) is 0.593. The number of aromatic nitrogens is 1. The Morgan fingerprint density at radius 1 is 1.24 bits per heavy atom. The van der Waals surface area contributed by atoms with Gasteiger partial charge in [-0.25, -0.2) is 4.98 Å². The molecule has 17 heavy (non-hydrogen) atoms. The molecular weight excluding hydrogens is 234 g/mol. The average Bonchev–Trinajstić information content (AvgIpc) is 2.66. The first-order valence-corrected chi connectivity index (χ1v) is 6.81. The van der Waals surface area contributed by atoms with Gasteiger partial charge in [-0.05, 0) is 37.9 Å². The maximum absolute atomic E-state index is 5.97. The average molecular weight is 252 g/mol. The van der Waals surface area contributed by atoms with E-state index in [2.05, 4.69) is 20.9 Å². The Balaban J connectivity index is 1.78. The van der Waals surface area contributed by atoms with Crippen molar-refractivity contribution in [1.29, 1.82) is 0 Å². The molecule has 2 aliphatic rings. The van der Waals surface area contributed by atoms with E-state index in [0.29, 0.717) is 5.15 Å². The zero-order valence-electron chi connectivity index (χ0n) is 9.98. The highest BCUT2D eigenvalue weighted by Crippen LogP contribution is 2.25. The first-order valence-electron chi connectivity index (χ1n) is 6.43. The molecule has 1 atom stereocenters. The van der Waals surface area contributed by atoms with Gasteiger partial charge in [0.15, 0.2) is 0 Å². The Labute approximate surface area is 107 Å². The van der Waals surface area contributed by atoms with E-state index in [1.165, 1.54) is 38.0 Å². The van der Waals surface area contributed by atoms with E-state index in [9.17, 15) is 0 Å². The third-order valence-corrected chi connectivity index (χ3v) is 4.09. The minimum absolute atomic E-state index is 0.593. The Hall–Kier alpha value is -0.800. The SMILES string of the molecule is Clc1cc(N2CCCN3CCCC3C2)ccn1. The Kier molecular flexibility index (Phi) is 3.21. The molecule has 0 bridgehead atoms. The lowest BCUT2D eigenvalue weighted by molar-refractivity contribution is 0.273. The van der Waals surface area contributed by atoms with Crippen LogP contribution >= 0.6 is 11.6 Å². The number of nitrogens with zero attached hydrogens (tertiary/aromatic N) is 3. The van der Waals surface area contributed by atoms with Crippen LogP contribution in [0, 0.1) is 0 Å². The van der Waals surface area contributed by atoms with Gasteiger partial charge in [-0.3, -0.25) is 4.90 Å². The lowest BCUT2D eigenvalue weighted by atomic mass is 10.2. The van der Waals surface area contributed by atoms with Gasteiger partial charge in [0.25, 0.3) is 0 Å². The molecule has 4 heteroatoms. The molecule has 0 aromatic carbocycles. The third-order valence-electron chi connectivity index (χ3n) is 3.88. The molecule has 3 nitrogen and oxygen atoms in total. The number of hydrogen-bond donors (Lipinski definition) is 0. The maximum Gasteiger partial charge on any atom is 0.131 e. The molecule has 1 aromatic heterocycles. The standard InChI is InChI=1S/C13H18ClN3/c14-13-9-11(4-5-15-13)17-8-2-7-16-6-1-3-12(16)10-17/h4-5,9,12H,1-3,6-8,10H2. The lowest BCUT2D eigenvalue weighted by Gasteiger charge is -2.27. The minimum atomic E-state index is 0.593. The van der Waals surface area contributed by atoms with Crippen LogP contribution in [0.15, 0.2) is 18.3 Å². The van der Waals surface area contributed by atoms with E-state index in [1.54, 1.807) is 6.20 Å². The molecule has 3 heterocycles. The zero-order chi connectivity index (χ0) is 11.7. The molecule has 92 valence electrons. The molecule has 2 aliphatic heterocycles. The summed E-state index contributed by atoms with van der Waals surface area (Å²) in [7, 11) is 0. The topological polar surface area (TPSA) is 19.4 Å². The molecule has 0 spiro atoms. The fourth-order valence-electron chi connectivity index (χ4n) is 3.03. The van der Waals surface area contributed by atoms with Crippen LogP contribution in [-0.4, -0.2) is 42.1 Å². The monoisotopic (exact) mass is 251 g/mol. The van der Waals surface area contributed by atoms with Crippen molar-refractivity contribution in [2.45, 2.75) is 25.3 Å². The molecule has 0 N–H and O–H groups in total. The van der Waals surface area contributed by atoms with Gasteiger partial charge >= 0.3 is 0 Å². The van der Waals surface area contributed by atoms with Gasteiger partial charge in [-0.2, -0.15) is 0 Å². The maximum atomic E-state index is 5.97. The summed E-state index contributed by atoms with van der Waals surface area (Å²) >= 11 is 5.97. The first-order chi connectivity index (χ1) is 8.33. The minimum Gasteiger partial charge on any atom is -0.370 e. The predicted molar refractivity (Wildman–Crippen MR) is 70.7 cm³/mol. The van der Waals surface area contributed by atoms with E-state index in [0.717, 1.165) is 19.1 Å². The van der Waals surface area contributed by atoms with Crippen LogP contribution in [0.5, 0.6) is 0 Å². The normalized spacial score (nSPS) is 25.7. The van der Waals surface area contributed by atoms with Gasteiger partial charge < -0.3 is 4.90 Å². The Bertz CT molecular complexity index is 396. The van der Waals surface area contributed by atoms with Gasteiger partial charge in [0.2, 0.25) is 0 Å². The van der Waals surface area contributed by atoms with Gasteiger partial charge in [0, 0.05) is 37.6 Å². The molecule has 1 aromatic rings. The van der Waals surface area contributed by atoms with E-state index in [1.807, 2.05) is 6.07 Å². The Morgan fingerprint density at radius 2 is 2.12 bits per heavy atom. The second kappa shape index (κ2) is 4.83. The number of halogens is 1. The quantitative estimate of drug-likeness (QED) is 0.715. The molecule has 0 amide bonds. The van der Waals surface area contributed by atoms with Crippen molar-refractivity contribution in [3.8, 4) is 0 Å². The summed E-state index contributed by atoms with van der Waals surface area (Å²) < 4.78 is 0. The Morgan fingerprint density at radius 3 is 3.00 bits per heavy atom. The van der Waals surface area contributed by atoms with E-state index >= 15 is 0 Å². The van der Waals surface area contributed by atoms with Gasteiger partial charge in [0.1, 0.15) is 5.15 Å². The number of pyridine rings is 1. The number of anilines is 1. The van der Waals surface area contributed by atoms with Gasteiger partial charge in [-0.15, -0.1) is 0 Å². The van der Waals surface area contributed by atoms with E-state index < -0.39 is 0 Å². The third kappa shape index (κ3) is 2.40. The molecule has 0 saturated carbocycles. The molecule has 0 radical (unpaired) electrons. The molecular formula is C13H18ClN3. The van der Waals surface area contributed by atoms with Crippen LogP contribution in [0.2, 0.25) is 5.15 Å². The summed E-state index contributed by atoms with van der Waals surface area (Å²) in [4.78, 5) is 9.16. The number of hydrogen-bond acceptors (Lipinski definition) is 3. The highest BCUT2D eigenvalue weighted by molar-refractivity contribution is 6.29. The van der Waals surface area contributed by atoms with Crippen LogP contribution < -0.4 is 4.90 Å². The van der Waals surface area contributed by atoms with Crippen molar-refractivity contribution in [2.75, 3.05) is 31.1 Å². The van der Waals surface area contributed by atoms with Crippen molar-refractivity contribution in [2.24, 2.45) is 0 Å². The molecule has 3 rings (SSSR count). The van der Waals surface area contributed by atoms with Crippen molar-refractivity contribution in [1.82, 2.24) is 9.88 Å². The zero-order valence-corrected chi connectivity index (χ0v) is 10.7. The van der Waals surface area contributed by atoms with Crippen LogP contribution in [0.4, 0.5) is 5.69 Å². The van der Waals surface area contributed by atoms with Crippen LogP contribution in [0.3, 0.4) is 0 Å². The molecule has 1 unspecified atom stereocenters. The summed E-state index contributed by atoms with van der Waals surface area (Å²) in [6.45, 7) is 4.81. The summed E-state index contributed by atoms with van der Waals surface area (Å²) in [5.74, 6) is 0. The largest absolute Gasteiger partial charge is 0.370 e. The highest BCUT2D eigenvalue weighted by atomic mass is 35.5. The summed E-state index contributed by atoms with van der Waals surface area (Å²) in [5.41, 5.74) is 1.22. The summed E-state index contributed by atoms with van der Waals surface area (Å²) in [6, 6.07) is 4.78. The second-order valence-electron chi connectivity index (χ2n) is 4.97. The smallest absolute Gasteiger partial charge is 0.131 e. The molecule has 2 fully saturated rings.